The second kappa shape index (κ2) is 4.72. The van der Waals surface area contributed by atoms with Crippen molar-refractivity contribution in [2.45, 2.75) is 45.6 Å². The van der Waals surface area contributed by atoms with Gasteiger partial charge in [-0.3, -0.25) is 9.59 Å². The van der Waals surface area contributed by atoms with E-state index in [9.17, 15) is 9.59 Å². The normalized spacial score (nSPS) is 34.4. The van der Waals surface area contributed by atoms with Crippen molar-refractivity contribution in [1.29, 1.82) is 0 Å². The molecule has 20 heavy (non-hydrogen) atoms. The van der Waals surface area contributed by atoms with Crippen LogP contribution in [0, 0.1) is 17.3 Å². The van der Waals surface area contributed by atoms with Crippen LogP contribution in [0.1, 0.15) is 39.5 Å². The molecule has 3 atom stereocenters. The Morgan fingerprint density at radius 2 is 2.35 bits per heavy atom. The molecule has 3 unspecified atom stereocenters. The third-order valence-corrected chi connectivity index (χ3v) is 5.21. The number of carbonyl (C=O) groups is 2. The number of carbonyl (C=O) groups excluding carboxylic acids is 2. The Morgan fingerprint density at radius 1 is 1.55 bits per heavy atom. The van der Waals surface area contributed by atoms with Gasteiger partial charge in [0.2, 0.25) is 5.91 Å². The molecule has 0 spiro atoms. The second-order valence-corrected chi connectivity index (χ2v) is 6.64. The number of amides is 2. The minimum atomic E-state index is -0.426. The number of nitrogens with one attached hydrogen (secondary N) is 2. The molecule has 1 saturated carbocycles. The minimum absolute atomic E-state index is 0.0635. The van der Waals surface area contributed by atoms with Gasteiger partial charge in [-0.2, -0.15) is 5.10 Å². The zero-order chi connectivity index (χ0) is 14.3. The zero-order valence-electron chi connectivity index (χ0n) is 12.0. The van der Waals surface area contributed by atoms with Gasteiger partial charge in [0.25, 0.3) is 5.91 Å². The molecule has 4 aliphatic rings. The first-order valence-corrected chi connectivity index (χ1v) is 7.31. The molecule has 2 bridgehead atoms. The molecule has 2 amide bonds. The fourth-order valence-corrected chi connectivity index (χ4v) is 3.60. The molecule has 4 rings (SSSR count). The van der Waals surface area contributed by atoms with Crippen molar-refractivity contribution in [3.05, 3.63) is 11.6 Å². The van der Waals surface area contributed by atoms with Crippen molar-refractivity contribution in [3.8, 4) is 0 Å². The van der Waals surface area contributed by atoms with Crippen molar-refractivity contribution in [2.75, 3.05) is 0 Å². The molecule has 0 aromatic carbocycles. The summed E-state index contributed by atoms with van der Waals surface area (Å²) in [5.41, 5.74) is 4.12. The summed E-state index contributed by atoms with van der Waals surface area (Å²) >= 11 is 0. The van der Waals surface area contributed by atoms with Crippen LogP contribution < -0.4 is 10.7 Å². The molecule has 5 nitrogen and oxygen atoms in total. The molecule has 2 fully saturated rings. The smallest absolute Gasteiger partial charge is 0.262 e. The summed E-state index contributed by atoms with van der Waals surface area (Å²) in [5.74, 6) is 1.07. The third kappa shape index (κ3) is 2.15. The van der Waals surface area contributed by atoms with Gasteiger partial charge in [0.1, 0.15) is 6.04 Å². The molecule has 5 heteroatoms. The summed E-state index contributed by atoms with van der Waals surface area (Å²) < 4.78 is 0. The first-order valence-electron chi connectivity index (χ1n) is 7.31. The Labute approximate surface area is 118 Å². The molecule has 3 aliphatic carbocycles. The summed E-state index contributed by atoms with van der Waals surface area (Å²) in [4.78, 5) is 22.9. The number of hydrogen-bond acceptors (Lipinski definition) is 3. The van der Waals surface area contributed by atoms with Crippen LogP contribution >= 0.6 is 0 Å². The number of hydrogen-bond donors (Lipinski definition) is 2. The molecule has 0 aromatic rings. The topological polar surface area (TPSA) is 70.6 Å². The standard InChI is InChI=1S/C15H21N3O2/c1-15(2)10-4-3-9(11(15)7-10)8-16-18-14(20)12-5-6-13(19)17-12/h3,8,10-12H,4-7H2,1-2H3,(H,17,19)(H,18,20)/b16-8+. The first-order chi connectivity index (χ1) is 9.48. The average Bonchev–Trinajstić information content (AvgIpc) is 2.85. The minimum Gasteiger partial charge on any atom is -0.344 e. The molecule has 2 N–H and O–H groups in total. The fraction of sp³-hybridized carbons (Fsp3) is 0.667. The van der Waals surface area contributed by atoms with Crippen molar-refractivity contribution >= 4 is 18.0 Å². The summed E-state index contributed by atoms with van der Waals surface area (Å²) in [7, 11) is 0. The molecule has 1 saturated heterocycles. The van der Waals surface area contributed by atoms with E-state index >= 15 is 0 Å². The van der Waals surface area contributed by atoms with E-state index in [0.717, 1.165) is 12.3 Å². The lowest BCUT2D eigenvalue weighted by molar-refractivity contribution is -0.125. The first kappa shape index (κ1) is 13.3. The highest BCUT2D eigenvalue weighted by atomic mass is 16.2. The van der Waals surface area contributed by atoms with Crippen molar-refractivity contribution in [3.63, 3.8) is 0 Å². The van der Waals surface area contributed by atoms with Gasteiger partial charge in [-0.1, -0.05) is 19.9 Å². The van der Waals surface area contributed by atoms with Gasteiger partial charge >= 0.3 is 0 Å². The number of hydrazone groups is 1. The summed E-state index contributed by atoms with van der Waals surface area (Å²) in [6.07, 6.45) is 7.33. The second-order valence-electron chi connectivity index (χ2n) is 6.64. The van der Waals surface area contributed by atoms with E-state index in [1.807, 2.05) is 0 Å². The van der Waals surface area contributed by atoms with Crippen molar-refractivity contribution < 1.29 is 9.59 Å². The van der Waals surface area contributed by atoms with Crippen LogP contribution in [0.2, 0.25) is 0 Å². The summed E-state index contributed by atoms with van der Waals surface area (Å²) in [5, 5.41) is 6.69. The SMILES string of the molecule is CC1(C)C2CC=C(/C=N/NC(=O)C3CCC(=O)N3)C1C2. The monoisotopic (exact) mass is 275 g/mol. The molecule has 1 aliphatic heterocycles. The molecule has 1 heterocycles. The maximum Gasteiger partial charge on any atom is 0.262 e. The molecule has 0 aromatic heterocycles. The highest BCUT2D eigenvalue weighted by Crippen LogP contribution is 2.58. The lowest BCUT2D eigenvalue weighted by Crippen LogP contribution is -2.48. The fourth-order valence-electron chi connectivity index (χ4n) is 3.60. The van der Waals surface area contributed by atoms with Gasteiger partial charge in [-0.25, -0.2) is 5.43 Å². The van der Waals surface area contributed by atoms with Crippen molar-refractivity contribution in [1.82, 2.24) is 10.7 Å². The van der Waals surface area contributed by atoms with E-state index in [1.165, 1.54) is 12.0 Å². The van der Waals surface area contributed by atoms with E-state index in [2.05, 4.69) is 35.8 Å². The highest BCUT2D eigenvalue weighted by Gasteiger charge is 2.50. The van der Waals surface area contributed by atoms with Crippen LogP contribution in [0.4, 0.5) is 0 Å². The molecule has 0 radical (unpaired) electrons. The maximum atomic E-state index is 11.8. The van der Waals surface area contributed by atoms with Crippen LogP contribution in [-0.2, 0) is 9.59 Å². The number of rotatable bonds is 3. The van der Waals surface area contributed by atoms with Crippen molar-refractivity contribution in [2.24, 2.45) is 22.4 Å². The third-order valence-electron chi connectivity index (χ3n) is 5.21. The van der Waals surface area contributed by atoms with Gasteiger partial charge in [-0.15, -0.1) is 0 Å². The average molecular weight is 275 g/mol. The zero-order valence-corrected chi connectivity index (χ0v) is 12.0. The van der Waals surface area contributed by atoms with Crippen LogP contribution in [0.25, 0.3) is 0 Å². The number of nitrogens with zero attached hydrogens (tertiary/aromatic N) is 1. The number of fused-ring (bicyclic) bond motifs is 1. The number of allylic oxidation sites excluding steroid dienone is 2. The van der Waals surface area contributed by atoms with Gasteiger partial charge < -0.3 is 5.32 Å². The Balaban J connectivity index is 1.55. The van der Waals surface area contributed by atoms with Crippen LogP contribution in [0.15, 0.2) is 16.8 Å². The lowest BCUT2D eigenvalue weighted by atomic mass is 9.49. The van der Waals surface area contributed by atoms with Crippen LogP contribution in [0.5, 0.6) is 0 Å². The Bertz CT molecular complexity index is 507. The quantitative estimate of drug-likeness (QED) is 0.603. The predicted molar refractivity (Wildman–Crippen MR) is 75.9 cm³/mol. The van der Waals surface area contributed by atoms with E-state index < -0.39 is 6.04 Å². The molecule has 108 valence electrons. The maximum absolute atomic E-state index is 11.8. The van der Waals surface area contributed by atoms with Gasteiger partial charge in [0.15, 0.2) is 0 Å². The van der Waals surface area contributed by atoms with Crippen LogP contribution in [0.3, 0.4) is 0 Å². The lowest BCUT2D eigenvalue weighted by Gasteiger charge is -2.55. The highest BCUT2D eigenvalue weighted by molar-refractivity contribution is 5.91. The Morgan fingerprint density at radius 3 is 2.95 bits per heavy atom. The Kier molecular flexibility index (Phi) is 3.15. The summed E-state index contributed by atoms with van der Waals surface area (Å²) in [6, 6.07) is -0.426. The van der Waals surface area contributed by atoms with E-state index in [4.69, 9.17) is 0 Å². The molecular formula is C15H21N3O2. The predicted octanol–water partition coefficient (Wildman–Crippen LogP) is 1.36. The van der Waals surface area contributed by atoms with E-state index in [0.29, 0.717) is 24.2 Å². The summed E-state index contributed by atoms with van der Waals surface area (Å²) in [6.45, 7) is 4.61. The van der Waals surface area contributed by atoms with E-state index in [1.54, 1.807) is 6.21 Å². The van der Waals surface area contributed by atoms with Gasteiger partial charge in [0, 0.05) is 6.42 Å². The largest absolute Gasteiger partial charge is 0.344 e. The van der Waals surface area contributed by atoms with Gasteiger partial charge in [-0.05, 0) is 42.1 Å². The van der Waals surface area contributed by atoms with E-state index in [-0.39, 0.29) is 11.8 Å². The van der Waals surface area contributed by atoms with Gasteiger partial charge in [0.05, 0.1) is 6.21 Å². The molecular weight excluding hydrogens is 254 g/mol. The Hall–Kier alpha value is -1.65. The van der Waals surface area contributed by atoms with Crippen LogP contribution in [-0.4, -0.2) is 24.1 Å².